The maximum atomic E-state index is 11.5. The van der Waals surface area contributed by atoms with Crippen LogP contribution in [0.3, 0.4) is 0 Å². The third-order valence-electron chi connectivity index (χ3n) is 1.88. The van der Waals surface area contributed by atoms with Gasteiger partial charge in [0.15, 0.2) is 0 Å². The van der Waals surface area contributed by atoms with Gasteiger partial charge in [0.05, 0.1) is 5.39 Å². The molecule has 0 aliphatic carbocycles. The Morgan fingerprint density at radius 3 is 2.87 bits per heavy atom. The van der Waals surface area contributed by atoms with Crippen LogP contribution in [0.1, 0.15) is 10.4 Å². The van der Waals surface area contributed by atoms with Crippen molar-refractivity contribution in [3.8, 4) is 0 Å². The van der Waals surface area contributed by atoms with Gasteiger partial charge < -0.3 is 10.1 Å². The molecule has 0 saturated carbocycles. The summed E-state index contributed by atoms with van der Waals surface area (Å²) < 4.78 is 0. The predicted octanol–water partition coefficient (Wildman–Crippen LogP) is 0.774. The number of rotatable bonds is 1. The number of halogens is 1. The van der Waals surface area contributed by atoms with Crippen LogP contribution >= 0.6 is 0 Å². The van der Waals surface area contributed by atoms with Gasteiger partial charge in [0.25, 0.3) is 0 Å². The highest BCUT2D eigenvalue weighted by Gasteiger charge is 2.10. The normalized spacial score (nSPS) is 9.60. The summed E-state index contributed by atoms with van der Waals surface area (Å²) in [7, 11) is 0. The van der Waals surface area contributed by atoms with Crippen LogP contribution in [0.4, 0.5) is 4.70 Å². The number of aromatic carboxylic acids is 1. The molecule has 2 aromatic heterocycles. The van der Waals surface area contributed by atoms with Crippen molar-refractivity contribution < 1.29 is 14.6 Å². The first-order valence-corrected chi connectivity index (χ1v) is 3.90. The highest BCUT2D eigenvalue weighted by Crippen LogP contribution is 2.03. The van der Waals surface area contributed by atoms with Crippen LogP contribution in [0.15, 0.2) is 29.3 Å². The molecular weight excluding hydrogens is 203 g/mol. The molecule has 2 N–H and O–H groups in total. The lowest BCUT2D eigenvalue weighted by Gasteiger charge is -1.97. The van der Waals surface area contributed by atoms with Gasteiger partial charge in [0.2, 0.25) is 5.43 Å². The lowest BCUT2D eigenvalue weighted by atomic mass is 10.2. The molecule has 78 valence electrons. The molecule has 0 fully saturated rings. The van der Waals surface area contributed by atoms with Gasteiger partial charge >= 0.3 is 5.97 Å². The quantitative estimate of drug-likeness (QED) is 0.728. The molecular formula is C9H7FN2O3. The van der Waals surface area contributed by atoms with E-state index in [1.807, 2.05) is 0 Å². The first-order chi connectivity index (χ1) is 6.70. The molecule has 2 heterocycles. The summed E-state index contributed by atoms with van der Waals surface area (Å²) in [4.78, 5) is 28.7. The van der Waals surface area contributed by atoms with Crippen molar-refractivity contribution in [3.63, 3.8) is 0 Å². The zero-order chi connectivity index (χ0) is 10.1. The van der Waals surface area contributed by atoms with Crippen LogP contribution in [-0.4, -0.2) is 21.0 Å². The molecule has 0 radical (unpaired) electrons. The molecule has 5 nitrogen and oxygen atoms in total. The Morgan fingerprint density at radius 1 is 1.47 bits per heavy atom. The number of aromatic nitrogens is 2. The molecule has 0 saturated heterocycles. The highest BCUT2D eigenvalue weighted by molar-refractivity contribution is 5.91. The minimum atomic E-state index is -1.24. The second-order valence-electron chi connectivity index (χ2n) is 2.74. The van der Waals surface area contributed by atoms with Gasteiger partial charge in [-0.15, -0.1) is 0 Å². The number of pyridine rings is 2. The van der Waals surface area contributed by atoms with Crippen LogP contribution in [0.5, 0.6) is 0 Å². The van der Waals surface area contributed by atoms with Crippen molar-refractivity contribution in [3.05, 3.63) is 40.3 Å². The Morgan fingerprint density at radius 2 is 2.20 bits per heavy atom. The smallest absolute Gasteiger partial charge is 0.341 e. The molecule has 0 bridgehead atoms. The van der Waals surface area contributed by atoms with E-state index in [1.54, 1.807) is 6.07 Å². The standard InChI is InChI=1S/C9H6N2O3.FH/c12-7-5-2-1-3-10-8(5)11-4-6(7)9(13)14;/h1-4H,(H,13,14)(H,10,11,12);1H. The van der Waals surface area contributed by atoms with Crippen LogP contribution in [0, 0.1) is 0 Å². The fraction of sp³-hybridized carbons (Fsp3) is 0. The van der Waals surface area contributed by atoms with E-state index in [1.165, 1.54) is 12.3 Å². The summed E-state index contributed by atoms with van der Waals surface area (Å²) in [6.45, 7) is 0. The number of nitrogens with one attached hydrogen (secondary N) is 1. The number of carboxylic acid groups (broad SMARTS) is 1. The Hall–Kier alpha value is -2.24. The maximum Gasteiger partial charge on any atom is 0.341 e. The Balaban J connectivity index is 0.00000112. The van der Waals surface area contributed by atoms with Gasteiger partial charge in [0.1, 0.15) is 11.2 Å². The van der Waals surface area contributed by atoms with Crippen molar-refractivity contribution in [2.75, 3.05) is 0 Å². The van der Waals surface area contributed by atoms with Gasteiger partial charge in [0, 0.05) is 12.4 Å². The number of carbonyl (C=O) groups is 1. The molecule has 2 rings (SSSR count). The molecule has 15 heavy (non-hydrogen) atoms. The highest BCUT2D eigenvalue weighted by atomic mass is 19.0. The average molecular weight is 210 g/mol. The monoisotopic (exact) mass is 210 g/mol. The predicted molar refractivity (Wildman–Crippen MR) is 51.8 cm³/mol. The van der Waals surface area contributed by atoms with Crippen LogP contribution in [0.25, 0.3) is 11.0 Å². The Bertz CT molecular complexity index is 565. The summed E-state index contributed by atoms with van der Waals surface area (Å²) in [6, 6.07) is 3.12. The Labute approximate surface area is 82.8 Å². The van der Waals surface area contributed by atoms with Gasteiger partial charge in [-0.25, -0.2) is 9.78 Å². The van der Waals surface area contributed by atoms with Crippen molar-refractivity contribution in [2.45, 2.75) is 0 Å². The number of fused-ring (bicyclic) bond motifs is 1. The summed E-state index contributed by atoms with van der Waals surface area (Å²) in [6.07, 6.45) is 2.68. The second-order valence-corrected chi connectivity index (χ2v) is 2.74. The largest absolute Gasteiger partial charge is 0.477 e. The molecule has 2 aromatic rings. The van der Waals surface area contributed by atoms with E-state index in [2.05, 4.69) is 9.97 Å². The summed E-state index contributed by atoms with van der Waals surface area (Å²) in [5, 5.41) is 8.97. The van der Waals surface area contributed by atoms with E-state index in [0.717, 1.165) is 6.20 Å². The molecule has 6 heteroatoms. The first-order valence-electron chi connectivity index (χ1n) is 3.90. The average Bonchev–Trinajstić information content (AvgIpc) is 2.18. The van der Waals surface area contributed by atoms with Crippen molar-refractivity contribution in [1.29, 1.82) is 0 Å². The van der Waals surface area contributed by atoms with Crippen molar-refractivity contribution in [1.82, 2.24) is 9.97 Å². The summed E-state index contributed by atoms with van der Waals surface area (Å²) in [5.41, 5.74) is -0.396. The fourth-order valence-electron chi connectivity index (χ4n) is 1.21. The van der Waals surface area contributed by atoms with Gasteiger partial charge in [-0.05, 0) is 12.1 Å². The van der Waals surface area contributed by atoms with Crippen molar-refractivity contribution >= 4 is 17.0 Å². The SMILES string of the molecule is F.O=C(O)c1c[nH]c2ncccc2c1=O. The lowest BCUT2D eigenvalue weighted by Crippen LogP contribution is -2.15. The van der Waals surface area contributed by atoms with Crippen LogP contribution in [0.2, 0.25) is 0 Å². The van der Waals surface area contributed by atoms with Crippen LogP contribution in [-0.2, 0) is 0 Å². The van der Waals surface area contributed by atoms with E-state index in [9.17, 15) is 9.59 Å². The minimum Gasteiger partial charge on any atom is -0.477 e. The van der Waals surface area contributed by atoms with E-state index in [0.29, 0.717) is 5.65 Å². The molecule has 0 aliphatic rings. The lowest BCUT2D eigenvalue weighted by molar-refractivity contribution is 0.0695. The molecule has 0 unspecified atom stereocenters. The molecule has 0 aliphatic heterocycles. The summed E-state index contributed by atoms with van der Waals surface area (Å²) in [5.74, 6) is -1.24. The molecule has 0 atom stereocenters. The van der Waals surface area contributed by atoms with E-state index in [-0.39, 0.29) is 15.7 Å². The van der Waals surface area contributed by atoms with Crippen molar-refractivity contribution in [2.24, 2.45) is 0 Å². The second kappa shape index (κ2) is 3.87. The number of hydrogen-bond acceptors (Lipinski definition) is 3. The van der Waals surface area contributed by atoms with E-state index in [4.69, 9.17) is 5.11 Å². The fourth-order valence-corrected chi connectivity index (χ4v) is 1.21. The first kappa shape index (κ1) is 10.8. The number of nitrogens with zero attached hydrogens (tertiary/aromatic N) is 1. The Kier molecular flexibility index (Phi) is 2.80. The zero-order valence-corrected chi connectivity index (χ0v) is 7.43. The van der Waals surface area contributed by atoms with E-state index < -0.39 is 11.4 Å². The van der Waals surface area contributed by atoms with Crippen LogP contribution < -0.4 is 5.43 Å². The number of hydrogen-bond donors (Lipinski definition) is 2. The van der Waals surface area contributed by atoms with Gasteiger partial charge in [-0.2, -0.15) is 0 Å². The third kappa shape index (κ3) is 1.69. The summed E-state index contributed by atoms with van der Waals surface area (Å²) >= 11 is 0. The zero-order valence-electron chi connectivity index (χ0n) is 7.43. The van der Waals surface area contributed by atoms with Gasteiger partial charge in [-0.3, -0.25) is 9.50 Å². The number of H-pyrrole nitrogens is 1. The van der Waals surface area contributed by atoms with E-state index >= 15 is 0 Å². The number of aromatic amines is 1. The molecule has 0 aromatic carbocycles. The maximum absolute atomic E-state index is 11.5. The third-order valence-corrected chi connectivity index (χ3v) is 1.88. The van der Waals surface area contributed by atoms with Gasteiger partial charge in [-0.1, -0.05) is 0 Å². The topological polar surface area (TPSA) is 83.0 Å². The minimum absolute atomic E-state index is 0. The molecule has 0 spiro atoms. The number of carboxylic acids is 1. The molecule has 0 amide bonds.